The molecular weight excluding hydrogens is 366 g/mol. The van der Waals surface area contributed by atoms with Crippen molar-refractivity contribution >= 4 is 16.1 Å². The molecule has 27 heavy (non-hydrogen) atoms. The number of rotatable bonds is 7. The number of nitrogens with two attached hydrogens (primary N) is 1. The maximum atomic E-state index is 11.1. The first-order chi connectivity index (χ1) is 12.7. The smallest absolute Gasteiger partial charge is 0.322 e. The molecule has 1 aromatic carbocycles. The monoisotopic (exact) mass is 399 g/mol. The molecule has 154 valence electrons. The highest BCUT2D eigenvalue weighted by atomic mass is 32.2. The Bertz CT molecular complexity index is 649. The summed E-state index contributed by atoms with van der Waals surface area (Å²) in [6.07, 6.45) is 10.5. The molecule has 1 fully saturated rings. The van der Waals surface area contributed by atoms with E-state index >= 15 is 0 Å². The zero-order valence-electron chi connectivity index (χ0n) is 16.4. The number of hydrogen-bond donors (Lipinski definition) is 2. The molecule has 0 radical (unpaired) electrons. The van der Waals surface area contributed by atoms with Crippen LogP contribution in [0.25, 0.3) is 0 Å². The standard InChI is InChI=1S/C13H25NO2.C7H8O3S/c1-11(14)13(15)16-10-6-5-9-12-7-3-2-4-8-12;1-6-2-4-7(5-3-6)11(8,9)10/h11-12H,2-10,14H2,1H3;2-5H,1H3,(H,8,9,10)/t11-;/m0./s1. The third-order valence-electron chi connectivity index (χ3n) is 4.67. The van der Waals surface area contributed by atoms with Crippen molar-refractivity contribution in [3.63, 3.8) is 0 Å². The zero-order chi connectivity index (χ0) is 20.3. The van der Waals surface area contributed by atoms with E-state index in [-0.39, 0.29) is 10.9 Å². The summed E-state index contributed by atoms with van der Waals surface area (Å²) in [6, 6.07) is 5.50. The highest BCUT2D eigenvalue weighted by Crippen LogP contribution is 2.27. The van der Waals surface area contributed by atoms with Crippen LogP contribution in [0, 0.1) is 12.8 Å². The molecule has 0 heterocycles. The molecule has 1 aromatic rings. The van der Waals surface area contributed by atoms with Gasteiger partial charge in [0.15, 0.2) is 0 Å². The molecule has 7 heteroatoms. The molecule has 0 amide bonds. The molecule has 0 bridgehead atoms. The Labute approximate surface area is 163 Å². The van der Waals surface area contributed by atoms with E-state index < -0.39 is 16.2 Å². The number of unbranched alkanes of at least 4 members (excludes halogenated alkanes) is 1. The van der Waals surface area contributed by atoms with Gasteiger partial charge in [0.2, 0.25) is 0 Å². The normalized spacial score (nSPS) is 16.1. The van der Waals surface area contributed by atoms with Crippen LogP contribution >= 0.6 is 0 Å². The second-order valence-corrected chi connectivity index (χ2v) is 8.67. The lowest BCUT2D eigenvalue weighted by atomic mass is 9.86. The highest BCUT2D eigenvalue weighted by Gasteiger charge is 2.13. The number of aryl methyl sites for hydroxylation is 1. The van der Waals surface area contributed by atoms with Gasteiger partial charge in [-0.1, -0.05) is 56.2 Å². The maximum absolute atomic E-state index is 11.1. The average Bonchev–Trinajstić information content (AvgIpc) is 2.62. The topological polar surface area (TPSA) is 107 Å². The van der Waals surface area contributed by atoms with Crippen molar-refractivity contribution in [1.82, 2.24) is 0 Å². The number of benzene rings is 1. The van der Waals surface area contributed by atoms with Gasteiger partial charge in [-0.2, -0.15) is 8.42 Å². The summed E-state index contributed by atoms with van der Waals surface area (Å²) in [4.78, 5) is 11.0. The first-order valence-electron chi connectivity index (χ1n) is 9.66. The minimum atomic E-state index is -4.02. The van der Waals surface area contributed by atoms with E-state index in [2.05, 4.69) is 0 Å². The number of esters is 1. The summed E-state index contributed by atoms with van der Waals surface area (Å²) in [5, 5.41) is 0. The predicted octanol–water partition coefficient (Wildman–Crippen LogP) is 3.87. The van der Waals surface area contributed by atoms with Crippen LogP contribution in [-0.2, 0) is 19.6 Å². The van der Waals surface area contributed by atoms with E-state index in [0.717, 1.165) is 17.9 Å². The molecule has 0 saturated heterocycles. The van der Waals surface area contributed by atoms with E-state index in [1.165, 1.54) is 57.1 Å². The van der Waals surface area contributed by atoms with Crippen molar-refractivity contribution in [2.45, 2.75) is 76.2 Å². The van der Waals surface area contributed by atoms with Gasteiger partial charge < -0.3 is 10.5 Å². The molecule has 6 nitrogen and oxygen atoms in total. The minimum absolute atomic E-state index is 0.0666. The number of carbonyl (C=O) groups excluding carboxylic acids is 1. The van der Waals surface area contributed by atoms with Crippen molar-refractivity contribution in [3.05, 3.63) is 29.8 Å². The third kappa shape index (κ3) is 10.5. The summed E-state index contributed by atoms with van der Waals surface area (Å²) in [5.74, 6) is 0.649. The fourth-order valence-corrected chi connectivity index (χ4v) is 3.51. The summed E-state index contributed by atoms with van der Waals surface area (Å²) >= 11 is 0. The summed E-state index contributed by atoms with van der Waals surface area (Å²) in [6.45, 7) is 4.03. The van der Waals surface area contributed by atoms with Gasteiger partial charge in [0.05, 0.1) is 11.5 Å². The predicted molar refractivity (Wildman–Crippen MR) is 106 cm³/mol. The second-order valence-electron chi connectivity index (χ2n) is 7.24. The van der Waals surface area contributed by atoms with Crippen LogP contribution < -0.4 is 5.73 Å². The van der Waals surface area contributed by atoms with Gasteiger partial charge in [0, 0.05) is 0 Å². The lowest BCUT2D eigenvalue weighted by Gasteiger charge is -2.21. The van der Waals surface area contributed by atoms with Gasteiger partial charge in [-0.15, -0.1) is 0 Å². The van der Waals surface area contributed by atoms with E-state index in [1.807, 2.05) is 6.92 Å². The van der Waals surface area contributed by atoms with Crippen LogP contribution in [-0.4, -0.2) is 31.6 Å². The lowest BCUT2D eigenvalue weighted by molar-refractivity contribution is -0.144. The quantitative estimate of drug-likeness (QED) is 0.409. The van der Waals surface area contributed by atoms with Crippen molar-refractivity contribution < 1.29 is 22.5 Å². The first-order valence-corrected chi connectivity index (χ1v) is 11.1. The SMILES string of the molecule is C[C@H](N)C(=O)OCCCCC1CCCCC1.Cc1ccc(S(=O)(=O)O)cc1. The lowest BCUT2D eigenvalue weighted by Crippen LogP contribution is -2.28. The molecule has 1 saturated carbocycles. The Morgan fingerprint density at radius 1 is 1.19 bits per heavy atom. The van der Waals surface area contributed by atoms with Crippen LogP contribution in [0.3, 0.4) is 0 Å². The Kier molecular flexibility index (Phi) is 10.6. The van der Waals surface area contributed by atoms with Gasteiger partial charge >= 0.3 is 5.97 Å². The fraction of sp³-hybridized carbons (Fsp3) is 0.650. The van der Waals surface area contributed by atoms with Crippen LogP contribution in [0.1, 0.15) is 63.9 Å². The highest BCUT2D eigenvalue weighted by molar-refractivity contribution is 7.85. The Morgan fingerprint density at radius 3 is 2.30 bits per heavy atom. The summed E-state index contributed by atoms with van der Waals surface area (Å²) < 4.78 is 34.6. The Balaban J connectivity index is 0.000000289. The van der Waals surface area contributed by atoms with Crippen molar-refractivity contribution in [2.24, 2.45) is 11.7 Å². The van der Waals surface area contributed by atoms with Crippen LogP contribution in [0.15, 0.2) is 29.2 Å². The van der Waals surface area contributed by atoms with E-state index in [9.17, 15) is 13.2 Å². The van der Waals surface area contributed by atoms with E-state index in [1.54, 1.807) is 19.1 Å². The molecule has 1 aliphatic rings. The van der Waals surface area contributed by atoms with E-state index in [0.29, 0.717) is 6.61 Å². The molecule has 0 unspecified atom stereocenters. The number of hydrogen-bond acceptors (Lipinski definition) is 5. The molecule has 0 spiro atoms. The average molecular weight is 400 g/mol. The van der Waals surface area contributed by atoms with Gasteiger partial charge in [0.1, 0.15) is 6.04 Å². The van der Waals surface area contributed by atoms with Crippen molar-refractivity contribution in [2.75, 3.05) is 6.61 Å². The molecule has 0 aromatic heterocycles. The molecule has 1 aliphatic carbocycles. The maximum Gasteiger partial charge on any atom is 0.322 e. The van der Waals surface area contributed by atoms with Crippen LogP contribution in [0.4, 0.5) is 0 Å². The Morgan fingerprint density at radius 2 is 1.78 bits per heavy atom. The summed E-state index contributed by atoms with van der Waals surface area (Å²) in [5.41, 5.74) is 6.35. The molecule has 0 aliphatic heterocycles. The molecular formula is C20H33NO5S. The van der Waals surface area contributed by atoms with E-state index in [4.69, 9.17) is 15.0 Å². The molecule has 3 N–H and O–H groups in total. The van der Waals surface area contributed by atoms with Crippen molar-refractivity contribution in [1.29, 1.82) is 0 Å². The summed E-state index contributed by atoms with van der Waals surface area (Å²) in [7, 11) is -4.02. The molecule has 1 atom stereocenters. The van der Waals surface area contributed by atoms with Crippen LogP contribution in [0.5, 0.6) is 0 Å². The zero-order valence-corrected chi connectivity index (χ0v) is 17.2. The third-order valence-corrected chi connectivity index (χ3v) is 5.53. The van der Waals surface area contributed by atoms with Gasteiger partial charge in [-0.3, -0.25) is 9.35 Å². The number of carbonyl (C=O) groups is 1. The second kappa shape index (κ2) is 12.1. The molecule has 2 rings (SSSR count). The fourth-order valence-electron chi connectivity index (χ4n) is 3.03. The Hall–Kier alpha value is -1.44. The first kappa shape index (κ1) is 23.6. The van der Waals surface area contributed by atoms with Gasteiger partial charge in [0.25, 0.3) is 10.1 Å². The minimum Gasteiger partial charge on any atom is -0.465 e. The van der Waals surface area contributed by atoms with Crippen molar-refractivity contribution in [3.8, 4) is 0 Å². The van der Waals surface area contributed by atoms with Gasteiger partial charge in [-0.05, 0) is 44.7 Å². The van der Waals surface area contributed by atoms with Crippen LogP contribution in [0.2, 0.25) is 0 Å². The van der Waals surface area contributed by atoms with Gasteiger partial charge in [-0.25, -0.2) is 0 Å². The largest absolute Gasteiger partial charge is 0.465 e. The number of ether oxygens (including phenoxy) is 1.